The maximum absolute atomic E-state index is 12.4. The Morgan fingerprint density at radius 2 is 1.86 bits per heavy atom. The second-order valence-corrected chi connectivity index (χ2v) is 6.48. The van der Waals surface area contributed by atoms with E-state index >= 15 is 0 Å². The summed E-state index contributed by atoms with van der Waals surface area (Å²) in [6.45, 7) is 2.22. The van der Waals surface area contributed by atoms with Crippen LogP contribution in [-0.2, 0) is 16.0 Å². The molecule has 0 saturated carbocycles. The molecule has 7 nitrogen and oxygen atoms in total. The van der Waals surface area contributed by atoms with Gasteiger partial charge in [0, 0.05) is 6.54 Å². The number of benzene rings is 2. The van der Waals surface area contributed by atoms with Crippen LogP contribution in [0.3, 0.4) is 0 Å². The predicted molar refractivity (Wildman–Crippen MR) is 104 cm³/mol. The molecule has 0 spiro atoms. The van der Waals surface area contributed by atoms with Crippen molar-refractivity contribution in [2.45, 2.75) is 25.5 Å². The van der Waals surface area contributed by atoms with Gasteiger partial charge >= 0.3 is 0 Å². The first-order valence-corrected chi connectivity index (χ1v) is 9.16. The van der Waals surface area contributed by atoms with Crippen molar-refractivity contribution < 1.29 is 23.8 Å². The van der Waals surface area contributed by atoms with E-state index in [9.17, 15) is 9.59 Å². The summed E-state index contributed by atoms with van der Waals surface area (Å²) in [5.74, 6) is 1.29. The molecule has 148 valence electrons. The molecule has 1 heterocycles. The third kappa shape index (κ3) is 4.94. The fourth-order valence-corrected chi connectivity index (χ4v) is 2.80. The van der Waals surface area contributed by atoms with Crippen molar-refractivity contribution in [1.29, 1.82) is 0 Å². The van der Waals surface area contributed by atoms with Gasteiger partial charge in [0.05, 0.1) is 7.11 Å². The SMILES string of the molecule is COc1ccc(CCNC(=O)C(C)NC(=O)C2COc3ccccc3O2)cc1. The molecular formula is C21H24N2O5. The summed E-state index contributed by atoms with van der Waals surface area (Å²) in [4.78, 5) is 24.6. The third-order valence-corrected chi connectivity index (χ3v) is 4.43. The van der Waals surface area contributed by atoms with Crippen molar-refractivity contribution in [1.82, 2.24) is 10.6 Å². The first-order chi connectivity index (χ1) is 13.6. The molecular weight excluding hydrogens is 360 g/mol. The minimum atomic E-state index is -0.788. The van der Waals surface area contributed by atoms with E-state index in [1.165, 1.54) is 0 Å². The average molecular weight is 384 g/mol. The lowest BCUT2D eigenvalue weighted by Crippen LogP contribution is -2.51. The van der Waals surface area contributed by atoms with Crippen LogP contribution in [0.25, 0.3) is 0 Å². The summed E-state index contributed by atoms with van der Waals surface area (Å²) in [7, 11) is 1.62. The van der Waals surface area contributed by atoms with Crippen molar-refractivity contribution >= 4 is 11.8 Å². The zero-order valence-corrected chi connectivity index (χ0v) is 15.9. The van der Waals surface area contributed by atoms with Gasteiger partial charge in [-0.3, -0.25) is 9.59 Å². The zero-order chi connectivity index (χ0) is 19.9. The number of nitrogens with one attached hydrogen (secondary N) is 2. The molecule has 1 aliphatic heterocycles. The Labute approximate surface area is 164 Å². The van der Waals surface area contributed by atoms with E-state index in [4.69, 9.17) is 14.2 Å². The molecule has 0 bridgehead atoms. The van der Waals surface area contributed by atoms with Gasteiger partial charge in [0.2, 0.25) is 12.0 Å². The zero-order valence-electron chi connectivity index (χ0n) is 15.9. The lowest BCUT2D eigenvalue weighted by molar-refractivity contribution is -0.134. The Balaban J connectivity index is 1.43. The summed E-state index contributed by atoms with van der Waals surface area (Å²) in [6.07, 6.45) is -0.100. The summed E-state index contributed by atoms with van der Waals surface area (Å²) in [6, 6.07) is 14.1. The van der Waals surface area contributed by atoms with Crippen LogP contribution < -0.4 is 24.8 Å². The summed E-state index contributed by atoms with van der Waals surface area (Å²) < 4.78 is 16.3. The number of amides is 2. The molecule has 1 aliphatic rings. The van der Waals surface area contributed by atoms with Crippen molar-refractivity contribution in [3.63, 3.8) is 0 Å². The maximum Gasteiger partial charge on any atom is 0.265 e. The van der Waals surface area contributed by atoms with Gasteiger partial charge in [-0.25, -0.2) is 0 Å². The Hall–Kier alpha value is -3.22. The molecule has 7 heteroatoms. The highest BCUT2D eigenvalue weighted by Gasteiger charge is 2.29. The fraction of sp³-hybridized carbons (Fsp3) is 0.333. The largest absolute Gasteiger partial charge is 0.497 e. The van der Waals surface area contributed by atoms with Gasteiger partial charge in [-0.15, -0.1) is 0 Å². The van der Waals surface area contributed by atoms with E-state index in [1.54, 1.807) is 32.2 Å². The average Bonchev–Trinajstić information content (AvgIpc) is 2.73. The van der Waals surface area contributed by atoms with Crippen LogP contribution >= 0.6 is 0 Å². The van der Waals surface area contributed by atoms with Gasteiger partial charge in [-0.2, -0.15) is 0 Å². The van der Waals surface area contributed by atoms with Crippen LogP contribution in [-0.4, -0.2) is 44.2 Å². The molecule has 0 radical (unpaired) electrons. The van der Waals surface area contributed by atoms with Crippen molar-refractivity contribution in [3.05, 3.63) is 54.1 Å². The summed E-state index contributed by atoms with van der Waals surface area (Å²) in [5.41, 5.74) is 1.09. The van der Waals surface area contributed by atoms with Gasteiger partial charge in [-0.1, -0.05) is 24.3 Å². The number of rotatable bonds is 7. The predicted octanol–water partition coefficient (Wildman–Crippen LogP) is 1.70. The molecule has 2 amide bonds. The highest BCUT2D eigenvalue weighted by molar-refractivity contribution is 5.89. The lowest BCUT2D eigenvalue weighted by Gasteiger charge is -2.26. The van der Waals surface area contributed by atoms with Crippen molar-refractivity contribution in [3.8, 4) is 17.2 Å². The molecule has 2 N–H and O–H groups in total. The molecule has 28 heavy (non-hydrogen) atoms. The van der Waals surface area contributed by atoms with E-state index in [0.29, 0.717) is 24.5 Å². The van der Waals surface area contributed by atoms with E-state index < -0.39 is 12.1 Å². The Morgan fingerprint density at radius 3 is 2.57 bits per heavy atom. The number of para-hydroxylation sites is 2. The maximum atomic E-state index is 12.4. The number of carbonyl (C=O) groups is 2. The summed E-state index contributed by atoms with van der Waals surface area (Å²) >= 11 is 0. The molecule has 2 aromatic carbocycles. The highest BCUT2D eigenvalue weighted by atomic mass is 16.6. The molecule has 0 saturated heterocycles. The van der Waals surface area contributed by atoms with E-state index in [0.717, 1.165) is 11.3 Å². The lowest BCUT2D eigenvalue weighted by atomic mass is 10.1. The Kier molecular flexibility index (Phi) is 6.37. The van der Waals surface area contributed by atoms with Crippen LogP contribution in [0.2, 0.25) is 0 Å². The van der Waals surface area contributed by atoms with Crippen LogP contribution in [0, 0.1) is 0 Å². The van der Waals surface area contributed by atoms with Gasteiger partial charge in [0.25, 0.3) is 5.91 Å². The Bertz CT molecular complexity index is 822. The molecule has 2 atom stereocenters. The smallest absolute Gasteiger partial charge is 0.265 e. The van der Waals surface area contributed by atoms with Crippen molar-refractivity contribution in [2.24, 2.45) is 0 Å². The number of ether oxygens (including phenoxy) is 3. The van der Waals surface area contributed by atoms with Crippen LogP contribution in [0.15, 0.2) is 48.5 Å². The van der Waals surface area contributed by atoms with Gasteiger partial charge < -0.3 is 24.8 Å². The number of carbonyl (C=O) groups excluding carboxylic acids is 2. The monoisotopic (exact) mass is 384 g/mol. The Morgan fingerprint density at radius 1 is 1.14 bits per heavy atom. The quantitative estimate of drug-likeness (QED) is 0.759. The molecule has 2 aromatic rings. The first kappa shape index (κ1) is 19.5. The molecule has 2 unspecified atom stereocenters. The standard InChI is InChI=1S/C21H24N2O5/c1-14(20(24)22-12-11-15-7-9-16(26-2)10-8-15)23-21(25)19-13-27-17-5-3-4-6-18(17)28-19/h3-10,14,19H,11-13H2,1-2H3,(H,22,24)(H,23,25). The van der Waals surface area contributed by atoms with Crippen LogP contribution in [0.5, 0.6) is 17.2 Å². The van der Waals surface area contributed by atoms with E-state index in [1.807, 2.05) is 30.3 Å². The highest BCUT2D eigenvalue weighted by Crippen LogP contribution is 2.30. The van der Waals surface area contributed by atoms with E-state index in [2.05, 4.69) is 10.6 Å². The fourth-order valence-electron chi connectivity index (χ4n) is 2.80. The number of hydrogen-bond acceptors (Lipinski definition) is 5. The topological polar surface area (TPSA) is 85.9 Å². The van der Waals surface area contributed by atoms with Gasteiger partial charge in [0.15, 0.2) is 11.5 Å². The van der Waals surface area contributed by atoms with Crippen LogP contribution in [0.1, 0.15) is 12.5 Å². The molecule has 0 fully saturated rings. The minimum absolute atomic E-state index is 0.106. The number of fused-ring (bicyclic) bond motifs is 1. The molecule has 0 aliphatic carbocycles. The second-order valence-electron chi connectivity index (χ2n) is 6.48. The normalized spacial score (nSPS) is 16.0. The number of hydrogen-bond donors (Lipinski definition) is 2. The van der Waals surface area contributed by atoms with Gasteiger partial charge in [-0.05, 0) is 43.2 Å². The first-order valence-electron chi connectivity index (χ1n) is 9.16. The third-order valence-electron chi connectivity index (χ3n) is 4.43. The van der Waals surface area contributed by atoms with E-state index in [-0.39, 0.29) is 18.4 Å². The minimum Gasteiger partial charge on any atom is -0.497 e. The molecule has 3 rings (SSSR count). The van der Waals surface area contributed by atoms with Gasteiger partial charge in [0.1, 0.15) is 18.4 Å². The van der Waals surface area contributed by atoms with Crippen LogP contribution in [0.4, 0.5) is 0 Å². The summed E-state index contributed by atoms with van der Waals surface area (Å²) in [5, 5.41) is 5.50. The number of methoxy groups -OCH3 is 1. The second kappa shape index (κ2) is 9.12. The molecule has 0 aromatic heterocycles. The van der Waals surface area contributed by atoms with Crippen molar-refractivity contribution in [2.75, 3.05) is 20.3 Å².